The van der Waals surface area contributed by atoms with Gasteiger partial charge in [-0.1, -0.05) is 30.3 Å². The van der Waals surface area contributed by atoms with Crippen LogP contribution in [0.25, 0.3) is 11.3 Å². The summed E-state index contributed by atoms with van der Waals surface area (Å²) in [7, 11) is -3.55. The monoisotopic (exact) mass is 428 g/mol. The van der Waals surface area contributed by atoms with E-state index in [1.807, 2.05) is 0 Å². The van der Waals surface area contributed by atoms with Crippen LogP contribution in [0.15, 0.2) is 65.6 Å². The van der Waals surface area contributed by atoms with Crippen molar-refractivity contribution in [2.75, 3.05) is 18.4 Å². The van der Waals surface area contributed by atoms with Gasteiger partial charge in [-0.25, -0.2) is 12.8 Å². The summed E-state index contributed by atoms with van der Waals surface area (Å²) in [6.45, 7) is 0.564. The molecule has 0 aliphatic carbocycles. The number of aromatic amines is 1. The number of sulfonamides is 1. The minimum Gasteiger partial charge on any atom is -0.309 e. The average molecular weight is 428 g/mol. The number of piperidine rings is 1. The third-order valence-corrected chi connectivity index (χ3v) is 7.08. The number of nitrogens with zero attached hydrogens (tertiary/aromatic N) is 2. The van der Waals surface area contributed by atoms with Crippen LogP contribution in [0.5, 0.6) is 0 Å². The van der Waals surface area contributed by atoms with E-state index < -0.39 is 10.0 Å². The normalized spacial score (nSPS) is 15.8. The van der Waals surface area contributed by atoms with Crippen LogP contribution in [0.1, 0.15) is 12.8 Å². The zero-order valence-corrected chi connectivity index (χ0v) is 16.9. The van der Waals surface area contributed by atoms with Gasteiger partial charge in [0.2, 0.25) is 15.9 Å². The van der Waals surface area contributed by atoms with Gasteiger partial charge in [-0.2, -0.15) is 9.40 Å². The lowest BCUT2D eigenvalue weighted by Crippen LogP contribution is -2.41. The molecule has 1 saturated heterocycles. The minimum atomic E-state index is -3.55. The Hall–Kier alpha value is -3.04. The summed E-state index contributed by atoms with van der Waals surface area (Å²) >= 11 is 0. The van der Waals surface area contributed by atoms with Gasteiger partial charge in [0.1, 0.15) is 5.82 Å². The number of amides is 1. The van der Waals surface area contributed by atoms with E-state index in [9.17, 15) is 17.6 Å². The zero-order chi connectivity index (χ0) is 21.1. The maximum absolute atomic E-state index is 13.4. The van der Waals surface area contributed by atoms with Crippen LogP contribution in [-0.4, -0.2) is 41.9 Å². The van der Waals surface area contributed by atoms with Crippen molar-refractivity contribution in [2.45, 2.75) is 17.7 Å². The molecular weight excluding hydrogens is 407 g/mol. The molecule has 0 radical (unpaired) electrons. The number of aromatic nitrogens is 2. The van der Waals surface area contributed by atoms with Crippen LogP contribution in [0.3, 0.4) is 0 Å². The van der Waals surface area contributed by atoms with Crippen molar-refractivity contribution in [3.63, 3.8) is 0 Å². The van der Waals surface area contributed by atoms with E-state index in [1.165, 1.54) is 16.4 Å². The SMILES string of the molecule is O=C(Nc1cc(-c2cccc(F)c2)[nH]n1)C1CCN(S(=O)(=O)c2ccccc2)CC1. The number of carbonyl (C=O) groups excluding carboxylic acids is 1. The molecule has 156 valence electrons. The molecule has 1 amide bonds. The maximum atomic E-state index is 13.4. The highest BCUT2D eigenvalue weighted by atomic mass is 32.2. The topological polar surface area (TPSA) is 95.2 Å². The minimum absolute atomic E-state index is 0.205. The molecule has 0 saturated carbocycles. The standard InChI is InChI=1S/C21H21FN4O3S/c22-17-6-4-5-16(13-17)19-14-20(25-24-19)23-21(27)15-9-11-26(12-10-15)30(28,29)18-7-2-1-3-8-18/h1-8,13-15H,9-12H2,(H2,23,24,25,27). The molecule has 0 atom stereocenters. The molecule has 1 fully saturated rings. The third kappa shape index (κ3) is 4.27. The van der Waals surface area contributed by atoms with Crippen LogP contribution in [-0.2, 0) is 14.8 Å². The molecule has 2 aromatic carbocycles. The predicted octanol–water partition coefficient (Wildman–Crippen LogP) is 3.26. The summed E-state index contributed by atoms with van der Waals surface area (Å²) in [5.74, 6) is -0.519. The Morgan fingerprint density at radius 3 is 2.50 bits per heavy atom. The highest BCUT2D eigenvalue weighted by Crippen LogP contribution is 2.25. The Morgan fingerprint density at radius 2 is 1.80 bits per heavy atom. The van der Waals surface area contributed by atoms with Gasteiger partial charge < -0.3 is 5.32 Å². The first kappa shape index (κ1) is 20.2. The maximum Gasteiger partial charge on any atom is 0.243 e. The molecule has 0 unspecified atom stereocenters. The molecule has 3 aromatic rings. The number of hydrogen-bond donors (Lipinski definition) is 2. The van der Waals surface area contributed by atoms with Crippen LogP contribution in [0, 0.1) is 11.7 Å². The summed E-state index contributed by atoms with van der Waals surface area (Å²) in [4.78, 5) is 12.9. The van der Waals surface area contributed by atoms with Crippen molar-refractivity contribution < 1.29 is 17.6 Å². The number of nitrogens with one attached hydrogen (secondary N) is 2. The first-order chi connectivity index (χ1) is 14.4. The van der Waals surface area contributed by atoms with Crippen molar-refractivity contribution in [3.8, 4) is 11.3 Å². The predicted molar refractivity (Wildman–Crippen MR) is 111 cm³/mol. The number of anilines is 1. The Bertz CT molecular complexity index is 1140. The summed E-state index contributed by atoms with van der Waals surface area (Å²) in [5.41, 5.74) is 1.22. The van der Waals surface area contributed by atoms with E-state index in [-0.39, 0.29) is 35.6 Å². The molecule has 2 N–H and O–H groups in total. The molecule has 4 rings (SSSR count). The number of benzene rings is 2. The molecule has 1 aliphatic rings. The number of carbonyl (C=O) groups is 1. The Labute approximate surface area is 174 Å². The van der Waals surface area contributed by atoms with Crippen molar-refractivity contribution in [2.24, 2.45) is 5.92 Å². The van der Waals surface area contributed by atoms with Gasteiger partial charge in [0.05, 0.1) is 10.6 Å². The van der Waals surface area contributed by atoms with Crippen molar-refractivity contribution in [3.05, 3.63) is 66.5 Å². The molecule has 1 aromatic heterocycles. The van der Waals surface area contributed by atoms with E-state index in [0.29, 0.717) is 29.9 Å². The first-order valence-electron chi connectivity index (χ1n) is 9.61. The molecule has 0 spiro atoms. The summed E-state index contributed by atoms with van der Waals surface area (Å²) in [5, 5.41) is 9.61. The van der Waals surface area contributed by atoms with Crippen LogP contribution in [0.4, 0.5) is 10.2 Å². The van der Waals surface area contributed by atoms with Crippen molar-refractivity contribution in [1.82, 2.24) is 14.5 Å². The van der Waals surface area contributed by atoms with Gasteiger partial charge in [-0.15, -0.1) is 0 Å². The lowest BCUT2D eigenvalue weighted by Gasteiger charge is -2.30. The molecular formula is C21H21FN4O3S. The fourth-order valence-corrected chi connectivity index (χ4v) is 5.01. The van der Waals surface area contributed by atoms with Gasteiger partial charge in [0.15, 0.2) is 5.82 Å². The van der Waals surface area contributed by atoms with E-state index in [2.05, 4.69) is 15.5 Å². The number of rotatable bonds is 5. The molecule has 9 heteroatoms. The zero-order valence-electron chi connectivity index (χ0n) is 16.1. The Balaban J connectivity index is 1.36. The van der Waals surface area contributed by atoms with Crippen LogP contribution in [0.2, 0.25) is 0 Å². The van der Waals surface area contributed by atoms with Crippen molar-refractivity contribution in [1.29, 1.82) is 0 Å². The summed E-state index contributed by atoms with van der Waals surface area (Å²) in [6.07, 6.45) is 0.859. The van der Waals surface area contributed by atoms with E-state index >= 15 is 0 Å². The molecule has 30 heavy (non-hydrogen) atoms. The average Bonchev–Trinajstić information content (AvgIpc) is 3.23. The number of H-pyrrole nitrogens is 1. The van der Waals surface area contributed by atoms with Gasteiger partial charge in [0.25, 0.3) is 0 Å². The smallest absolute Gasteiger partial charge is 0.243 e. The molecule has 0 bridgehead atoms. The summed E-state index contributed by atoms with van der Waals surface area (Å²) < 4.78 is 40.2. The highest BCUT2D eigenvalue weighted by Gasteiger charge is 2.32. The van der Waals surface area contributed by atoms with Gasteiger partial charge in [0, 0.05) is 30.6 Å². The van der Waals surface area contributed by atoms with Crippen molar-refractivity contribution >= 4 is 21.7 Å². The largest absolute Gasteiger partial charge is 0.309 e. The molecule has 2 heterocycles. The highest BCUT2D eigenvalue weighted by molar-refractivity contribution is 7.89. The first-order valence-corrected chi connectivity index (χ1v) is 11.0. The lowest BCUT2D eigenvalue weighted by molar-refractivity contribution is -0.120. The van der Waals surface area contributed by atoms with Crippen LogP contribution < -0.4 is 5.32 Å². The fraction of sp³-hybridized carbons (Fsp3) is 0.238. The fourth-order valence-electron chi connectivity index (χ4n) is 3.52. The quantitative estimate of drug-likeness (QED) is 0.652. The summed E-state index contributed by atoms with van der Waals surface area (Å²) in [6, 6.07) is 16.0. The van der Waals surface area contributed by atoms with E-state index in [1.54, 1.807) is 48.5 Å². The van der Waals surface area contributed by atoms with Crippen LogP contribution >= 0.6 is 0 Å². The lowest BCUT2D eigenvalue weighted by atomic mass is 9.97. The van der Waals surface area contributed by atoms with Gasteiger partial charge >= 0.3 is 0 Å². The second-order valence-electron chi connectivity index (χ2n) is 7.16. The molecule has 7 nitrogen and oxygen atoms in total. The van der Waals surface area contributed by atoms with E-state index in [0.717, 1.165) is 0 Å². The number of halogens is 1. The van der Waals surface area contributed by atoms with Gasteiger partial charge in [-0.05, 0) is 37.1 Å². The molecule has 1 aliphatic heterocycles. The second kappa shape index (κ2) is 8.37. The Morgan fingerprint density at radius 1 is 1.07 bits per heavy atom. The third-order valence-electron chi connectivity index (χ3n) is 5.17. The van der Waals surface area contributed by atoms with E-state index in [4.69, 9.17) is 0 Å². The number of hydrogen-bond acceptors (Lipinski definition) is 4. The second-order valence-corrected chi connectivity index (χ2v) is 9.10. The van der Waals surface area contributed by atoms with Gasteiger partial charge in [-0.3, -0.25) is 9.89 Å². The Kier molecular flexibility index (Phi) is 5.65.